The predicted octanol–water partition coefficient (Wildman–Crippen LogP) is 7.32. The summed E-state index contributed by atoms with van der Waals surface area (Å²) in [7, 11) is 0. The number of hydrogen-bond acceptors (Lipinski definition) is 11. The fraction of sp³-hybridized carbons (Fsp3) is 0.558. The molecule has 4 amide bonds. The summed E-state index contributed by atoms with van der Waals surface area (Å²) in [4.78, 5) is 79.4. The fourth-order valence-corrected chi connectivity index (χ4v) is 9.62. The number of thioether (sulfide) groups is 1. The molecule has 4 N–H and O–H groups in total. The molecule has 16 heteroatoms. The van der Waals surface area contributed by atoms with Crippen molar-refractivity contribution in [1.29, 1.82) is 0 Å². The van der Waals surface area contributed by atoms with Gasteiger partial charge in [-0.15, -0.1) is 23.1 Å². The zero-order valence-electron chi connectivity index (χ0n) is 34.1. The molecule has 0 spiro atoms. The van der Waals surface area contributed by atoms with Crippen LogP contribution in [-0.2, 0) is 23.9 Å². The molecule has 0 radical (unpaired) electrons. The van der Waals surface area contributed by atoms with Crippen molar-refractivity contribution in [1.82, 2.24) is 25.5 Å². The van der Waals surface area contributed by atoms with E-state index in [0.29, 0.717) is 47.0 Å². The molecular formula is C43H54N6O8S2. The number of carbonyl (C=O) groups is 5. The molecule has 14 nitrogen and oxygen atoms in total. The van der Waals surface area contributed by atoms with Crippen LogP contribution >= 0.6 is 23.1 Å². The maximum Gasteiger partial charge on any atom is 0.408 e. The van der Waals surface area contributed by atoms with Gasteiger partial charge in [-0.25, -0.2) is 19.6 Å². The van der Waals surface area contributed by atoms with E-state index in [1.54, 1.807) is 6.07 Å². The monoisotopic (exact) mass is 846 g/mol. The van der Waals surface area contributed by atoms with Gasteiger partial charge in [0.25, 0.3) is 0 Å². The number of para-hydroxylation sites is 1. The average molecular weight is 847 g/mol. The van der Waals surface area contributed by atoms with Crippen LogP contribution in [0.15, 0.2) is 46.7 Å². The highest BCUT2D eigenvalue weighted by Gasteiger charge is 2.61. The first-order chi connectivity index (χ1) is 28.2. The summed E-state index contributed by atoms with van der Waals surface area (Å²) < 4.78 is 12.5. The van der Waals surface area contributed by atoms with E-state index in [2.05, 4.69) is 16.0 Å². The topological polar surface area (TPSA) is 189 Å². The van der Waals surface area contributed by atoms with E-state index in [0.717, 1.165) is 55.2 Å². The second kappa shape index (κ2) is 17.9. The average Bonchev–Trinajstić information content (AvgIpc) is 3.61. The van der Waals surface area contributed by atoms with E-state index in [1.165, 1.54) is 28.0 Å². The number of nitrogens with one attached hydrogen (secondary N) is 3. The summed E-state index contributed by atoms with van der Waals surface area (Å²) in [6.45, 7) is 6.00. The van der Waals surface area contributed by atoms with Crippen molar-refractivity contribution >= 4 is 68.9 Å². The lowest BCUT2D eigenvalue weighted by molar-refractivity contribution is -0.145. The molecule has 4 heterocycles. The van der Waals surface area contributed by atoms with E-state index in [1.807, 2.05) is 62.8 Å². The number of carbonyl (C=O) groups excluding carboxylic acids is 4. The Morgan fingerprint density at radius 2 is 1.83 bits per heavy atom. The zero-order chi connectivity index (χ0) is 41.9. The van der Waals surface area contributed by atoms with Gasteiger partial charge in [0.1, 0.15) is 41.3 Å². The van der Waals surface area contributed by atoms with Gasteiger partial charge in [0, 0.05) is 40.5 Å². The molecule has 2 saturated carbocycles. The molecule has 5 atom stereocenters. The number of amides is 4. The third-order valence-electron chi connectivity index (χ3n) is 11.5. The quantitative estimate of drug-likeness (QED) is 0.125. The number of carboxylic acid groups (broad SMARTS) is 1. The Labute approximate surface area is 352 Å². The Balaban J connectivity index is 1.19. The largest absolute Gasteiger partial charge is 0.488 e. The zero-order valence-corrected chi connectivity index (χ0v) is 35.7. The van der Waals surface area contributed by atoms with Crippen LogP contribution in [0.5, 0.6) is 5.75 Å². The molecule has 2 aromatic heterocycles. The minimum Gasteiger partial charge on any atom is -0.488 e. The summed E-state index contributed by atoms with van der Waals surface area (Å²) in [6.07, 6.45) is 11.8. The van der Waals surface area contributed by atoms with Crippen LogP contribution in [0.3, 0.4) is 0 Å². The van der Waals surface area contributed by atoms with E-state index in [4.69, 9.17) is 19.4 Å². The molecule has 7 rings (SSSR count). The van der Waals surface area contributed by atoms with E-state index >= 15 is 0 Å². The van der Waals surface area contributed by atoms with Crippen molar-refractivity contribution in [3.05, 3.63) is 41.8 Å². The Morgan fingerprint density at radius 3 is 2.58 bits per heavy atom. The second-order valence-electron chi connectivity index (χ2n) is 17.3. The number of fused-ring (bicyclic) bond motifs is 3. The Kier molecular flexibility index (Phi) is 12.9. The standard InChI is InChI=1S/C43H54N6O8S2/c1-42(2,3)22-35(50)47-40-45-31(24-59-40)30-20-33(28-16-12-18-34(58-4)36(28)44-30)56-27-19-32-37(51)48-43(39(53)54)21-25(43)13-8-6-5-7-9-17-29(38(52)49(32)23-27)46-41(55)57-26-14-10-11-15-26/h8,12-13,16,18,20,24-27,29,32H,5-7,9-11,14-15,17,19,21-23H2,1-4H3,(H,46,55)(H,48,51)(H,53,54)(H,45,47,50)/b13-8-/t25-,27+,29+,32-,43+/m0/s1. The number of ether oxygens (including phenoxy) is 2. The smallest absolute Gasteiger partial charge is 0.408 e. The molecule has 1 saturated heterocycles. The Morgan fingerprint density at radius 1 is 1.05 bits per heavy atom. The van der Waals surface area contributed by atoms with Crippen LogP contribution in [0.25, 0.3) is 22.3 Å². The maximum atomic E-state index is 14.6. The number of anilines is 1. The lowest BCUT2D eigenvalue weighted by Gasteiger charge is -2.29. The van der Waals surface area contributed by atoms with Gasteiger partial charge in [-0.05, 0) is 75.2 Å². The van der Waals surface area contributed by atoms with Gasteiger partial charge in [0.2, 0.25) is 17.7 Å². The number of thiazole rings is 1. The number of hydrogen-bond donors (Lipinski definition) is 4. The van der Waals surface area contributed by atoms with Crippen molar-refractivity contribution in [2.45, 2.75) is 133 Å². The van der Waals surface area contributed by atoms with Crippen LogP contribution in [0.2, 0.25) is 0 Å². The molecule has 316 valence electrons. The Bertz CT molecular complexity index is 2110. The first-order valence-electron chi connectivity index (χ1n) is 20.6. The van der Waals surface area contributed by atoms with Crippen LogP contribution in [0.1, 0.15) is 97.8 Å². The van der Waals surface area contributed by atoms with Crippen molar-refractivity contribution in [3.8, 4) is 17.1 Å². The molecule has 1 aromatic carbocycles. The molecule has 2 aliphatic heterocycles. The summed E-state index contributed by atoms with van der Waals surface area (Å²) in [5.41, 5.74) is 0.0901. The second-order valence-corrected chi connectivity index (χ2v) is 19.0. The summed E-state index contributed by atoms with van der Waals surface area (Å²) >= 11 is 2.83. The molecule has 0 bridgehead atoms. The molecule has 3 fully saturated rings. The minimum absolute atomic E-state index is 0.0121. The molecule has 2 aliphatic carbocycles. The number of nitrogens with zero attached hydrogens (tertiary/aromatic N) is 3. The number of allylic oxidation sites excluding steroid dienone is 1. The predicted molar refractivity (Wildman–Crippen MR) is 226 cm³/mol. The summed E-state index contributed by atoms with van der Waals surface area (Å²) in [5, 5.41) is 21.9. The highest BCUT2D eigenvalue weighted by Crippen LogP contribution is 2.46. The van der Waals surface area contributed by atoms with Crippen molar-refractivity contribution in [3.63, 3.8) is 0 Å². The molecule has 0 unspecified atom stereocenters. The molecule has 4 aliphatic rings. The van der Waals surface area contributed by atoms with Crippen LogP contribution < -0.4 is 20.7 Å². The lowest BCUT2D eigenvalue weighted by atomic mass is 9.92. The van der Waals surface area contributed by atoms with Crippen molar-refractivity contribution in [2.75, 3.05) is 18.1 Å². The third-order valence-corrected chi connectivity index (χ3v) is 13.0. The highest BCUT2D eigenvalue weighted by molar-refractivity contribution is 7.98. The van der Waals surface area contributed by atoms with Gasteiger partial charge in [0.15, 0.2) is 5.13 Å². The number of aromatic nitrogens is 2. The normalized spacial score (nSPS) is 25.9. The van der Waals surface area contributed by atoms with Crippen LogP contribution in [0, 0.1) is 11.3 Å². The Hall–Kier alpha value is -4.70. The van der Waals surface area contributed by atoms with Crippen LogP contribution in [-0.4, -0.2) is 92.4 Å². The number of rotatable bonds is 9. The molecule has 3 aromatic rings. The van der Waals surface area contributed by atoms with Gasteiger partial charge in [-0.1, -0.05) is 51.8 Å². The van der Waals surface area contributed by atoms with Gasteiger partial charge in [-0.3, -0.25) is 14.4 Å². The van der Waals surface area contributed by atoms with Gasteiger partial charge < -0.3 is 35.4 Å². The summed E-state index contributed by atoms with van der Waals surface area (Å²) in [6, 6.07) is 5.54. The number of pyridine rings is 1. The molecule has 59 heavy (non-hydrogen) atoms. The number of aliphatic carboxylic acids is 1. The van der Waals surface area contributed by atoms with E-state index in [9.17, 15) is 29.1 Å². The van der Waals surface area contributed by atoms with E-state index < -0.39 is 47.6 Å². The van der Waals surface area contributed by atoms with Gasteiger partial charge in [-0.2, -0.15) is 0 Å². The number of alkyl carbamates (subject to hydrolysis) is 1. The first kappa shape index (κ1) is 42.4. The summed E-state index contributed by atoms with van der Waals surface area (Å²) in [5.74, 6) is -2.18. The minimum atomic E-state index is -1.47. The fourth-order valence-electron chi connectivity index (χ4n) is 8.34. The first-order valence-corrected chi connectivity index (χ1v) is 22.7. The van der Waals surface area contributed by atoms with E-state index in [-0.39, 0.29) is 42.7 Å². The SMILES string of the molecule is CSc1cccc2c(O[C@@H]3C[C@H]4C(=O)N[C@]5(C(=O)O)C[C@@H]5/C=C\CCCCC[C@@H](NC(=O)OC5CCCC5)C(=O)N4C3)cc(-c3csc(NC(=O)CC(C)(C)C)n3)nc12. The molecular weight excluding hydrogens is 793 g/mol. The van der Waals surface area contributed by atoms with Crippen molar-refractivity contribution in [2.24, 2.45) is 11.3 Å². The maximum absolute atomic E-state index is 14.6. The highest BCUT2D eigenvalue weighted by atomic mass is 32.2. The lowest BCUT2D eigenvalue weighted by Crippen LogP contribution is -2.56. The van der Waals surface area contributed by atoms with Gasteiger partial charge >= 0.3 is 12.1 Å². The van der Waals surface area contributed by atoms with Gasteiger partial charge in [0.05, 0.1) is 17.8 Å². The number of benzene rings is 1. The third kappa shape index (κ3) is 10.0. The van der Waals surface area contributed by atoms with Crippen LogP contribution in [0.4, 0.5) is 9.93 Å². The van der Waals surface area contributed by atoms with Crippen molar-refractivity contribution < 1.29 is 38.6 Å². The number of carboxylic acids is 1.